The van der Waals surface area contributed by atoms with Crippen LogP contribution in [0.5, 0.6) is 0 Å². The van der Waals surface area contributed by atoms with E-state index in [-0.39, 0.29) is 17.9 Å². The number of carbonyl (C=O) groups excluding carboxylic acids is 1. The maximum absolute atomic E-state index is 12.8. The molecule has 148 valence electrons. The lowest BCUT2D eigenvalue weighted by Crippen LogP contribution is -2.30. The number of amides is 1. The number of hydrogen-bond donors (Lipinski definition) is 1. The zero-order valence-electron chi connectivity index (χ0n) is 16.5. The molecule has 0 fully saturated rings. The topological polar surface area (TPSA) is 78.8 Å². The average Bonchev–Trinajstić information content (AvgIpc) is 3.05. The fourth-order valence-electron chi connectivity index (χ4n) is 3.30. The van der Waals surface area contributed by atoms with E-state index in [0.717, 1.165) is 28.7 Å². The fraction of sp³-hybridized carbons (Fsp3) is 0.333. The molecule has 1 heterocycles. The number of nitrogens with zero attached hydrogens (tertiary/aromatic N) is 2. The van der Waals surface area contributed by atoms with Crippen molar-refractivity contribution in [1.82, 2.24) is 5.01 Å². The molecule has 0 aliphatic carbocycles. The van der Waals surface area contributed by atoms with E-state index in [2.05, 4.69) is 9.82 Å². The number of anilines is 1. The Kier molecular flexibility index (Phi) is 5.56. The summed E-state index contributed by atoms with van der Waals surface area (Å²) in [7, 11) is -3.32. The minimum atomic E-state index is -3.32. The molecule has 1 amide bonds. The van der Waals surface area contributed by atoms with Crippen molar-refractivity contribution in [2.24, 2.45) is 11.0 Å². The Balaban J connectivity index is 1.93. The lowest BCUT2D eigenvalue weighted by atomic mass is 9.95. The van der Waals surface area contributed by atoms with Crippen molar-refractivity contribution < 1.29 is 13.2 Å². The van der Waals surface area contributed by atoms with E-state index < -0.39 is 10.0 Å². The summed E-state index contributed by atoms with van der Waals surface area (Å²) in [6, 6.07) is 15.0. The van der Waals surface area contributed by atoms with Gasteiger partial charge in [-0.15, -0.1) is 0 Å². The molecule has 0 saturated heterocycles. The van der Waals surface area contributed by atoms with Gasteiger partial charge in [-0.1, -0.05) is 50.2 Å². The van der Waals surface area contributed by atoms with Crippen LogP contribution in [-0.2, 0) is 14.8 Å². The number of hydrogen-bond acceptors (Lipinski definition) is 4. The van der Waals surface area contributed by atoms with Crippen LogP contribution < -0.4 is 4.72 Å². The molecule has 1 aliphatic rings. The summed E-state index contributed by atoms with van der Waals surface area (Å²) in [5.41, 5.74) is 4.39. The zero-order chi connectivity index (χ0) is 20.5. The second-order valence-corrected chi connectivity index (χ2v) is 9.16. The molecule has 0 spiro atoms. The van der Waals surface area contributed by atoms with Gasteiger partial charge in [-0.2, -0.15) is 5.10 Å². The summed E-state index contributed by atoms with van der Waals surface area (Å²) < 4.78 is 25.2. The molecule has 2 aromatic rings. The number of carbonyl (C=O) groups is 1. The van der Waals surface area contributed by atoms with Gasteiger partial charge < -0.3 is 0 Å². The van der Waals surface area contributed by atoms with E-state index in [1.54, 1.807) is 17.1 Å². The van der Waals surface area contributed by atoms with Gasteiger partial charge in [0.15, 0.2) is 0 Å². The normalized spacial score (nSPS) is 17.0. The Morgan fingerprint density at radius 1 is 1.14 bits per heavy atom. The van der Waals surface area contributed by atoms with E-state index in [0.29, 0.717) is 12.1 Å². The van der Waals surface area contributed by atoms with Gasteiger partial charge in [-0.25, -0.2) is 13.4 Å². The number of rotatable bonds is 5. The molecule has 28 heavy (non-hydrogen) atoms. The van der Waals surface area contributed by atoms with Crippen molar-refractivity contribution in [3.05, 3.63) is 65.2 Å². The molecule has 0 aromatic heterocycles. The van der Waals surface area contributed by atoms with Gasteiger partial charge in [-0.05, 0) is 35.7 Å². The SMILES string of the molecule is Cc1ccccc1C1CC(c2ccc(NS(C)(=O)=O)cc2)=NN1C(=O)C(C)C. The van der Waals surface area contributed by atoms with Crippen LogP contribution in [0.3, 0.4) is 0 Å². The molecule has 3 rings (SSSR count). The van der Waals surface area contributed by atoms with Gasteiger partial charge in [0.25, 0.3) is 0 Å². The Morgan fingerprint density at radius 3 is 2.36 bits per heavy atom. The van der Waals surface area contributed by atoms with Crippen molar-refractivity contribution in [3.63, 3.8) is 0 Å². The lowest BCUT2D eigenvalue weighted by molar-refractivity contribution is -0.136. The van der Waals surface area contributed by atoms with Crippen LogP contribution in [0, 0.1) is 12.8 Å². The number of hydrazone groups is 1. The first-order chi connectivity index (χ1) is 13.2. The fourth-order valence-corrected chi connectivity index (χ4v) is 3.86. The highest BCUT2D eigenvalue weighted by atomic mass is 32.2. The molecule has 0 bridgehead atoms. The first-order valence-electron chi connectivity index (χ1n) is 9.20. The van der Waals surface area contributed by atoms with Crippen LogP contribution in [0.2, 0.25) is 0 Å². The van der Waals surface area contributed by atoms with Gasteiger partial charge >= 0.3 is 0 Å². The van der Waals surface area contributed by atoms with Gasteiger partial charge in [0.2, 0.25) is 15.9 Å². The number of benzene rings is 2. The molecule has 0 radical (unpaired) electrons. The van der Waals surface area contributed by atoms with Gasteiger partial charge in [0.05, 0.1) is 18.0 Å². The highest BCUT2D eigenvalue weighted by Gasteiger charge is 2.34. The maximum Gasteiger partial charge on any atom is 0.245 e. The predicted octanol–water partition coefficient (Wildman–Crippen LogP) is 3.70. The largest absolute Gasteiger partial charge is 0.284 e. The second kappa shape index (κ2) is 7.75. The summed E-state index contributed by atoms with van der Waals surface area (Å²) >= 11 is 0. The number of nitrogens with one attached hydrogen (secondary N) is 1. The molecular formula is C21H25N3O3S. The summed E-state index contributed by atoms with van der Waals surface area (Å²) in [6.07, 6.45) is 1.73. The molecule has 1 aliphatic heterocycles. The summed E-state index contributed by atoms with van der Waals surface area (Å²) in [5.74, 6) is -0.172. The average molecular weight is 400 g/mol. The second-order valence-electron chi connectivity index (χ2n) is 7.41. The Bertz CT molecular complexity index is 1010. The molecule has 7 heteroatoms. The summed E-state index contributed by atoms with van der Waals surface area (Å²) in [6.45, 7) is 5.78. The molecule has 1 N–H and O–H groups in total. The zero-order valence-corrected chi connectivity index (χ0v) is 17.3. The summed E-state index contributed by atoms with van der Waals surface area (Å²) in [4.78, 5) is 12.8. The van der Waals surface area contributed by atoms with Gasteiger partial charge in [0.1, 0.15) is 0 Å². The monoisotopic (exact) mass is 399 g/mol. The Hall–Kier alpha value is -2.67. The van der Waals surface area contributed by atoms with Gasteiger partial charge in [0, 0.05) is 18.0 Å². The third kappa shape index (κ3) is 4.42. The third-order valence-corrected chi connectivity index (χ3v) is 5.31. The van der Waals surface area contributed by atoms with Crippen LogP contribution in [0.25, 0.3) is 0 Å². The first-order valence-corrected chi connectivity index (χ1v) is 11.1. The van der Waals surface area contributed by atoms with E-state index in [9.17, 15) is 13.2 Å². The van der Waals surface area contributed by atoms with Crippen molar-refractivity contribution >= 4 is 27.3 Å². The minimum absolute atomic E-state index is 0.0152. The number of sulfonamides is 1. The van der Waals surface area contributed by atoms with Crippen molar-refractivity contribution in [1.29, 1.82) is 0 Å². The van der Waals surface area contributed by atoms with Crippen molar-refractivity contribution in [2.45, 2.75) is 33.2 Å². The van der Waals surface area contributed by atoms with E-state index >= 15 is 0 Å². The standard InChI is InChI=1S/C21H25N3O3S/c1-14(2)21(25)24-20(18-8-6-5-7-15(18)3)13-19(22-24)16-9-11-17(12-10-16)23-28(4,26)27/h5-12,14,20,23H,13H2,1-4H3. The highest BCUT2D eigenvalue weighted by molar-refractivity contribution is 7.92. The molecule has 1 unspecified atom stereocenters. The van der Waals surface area contributed by atoms with Crippen LogP contribution in [0.1, 0.15) is 43.0 Å². The molecule has 2 aromatic carbocycles. The molecule has 0 saturated carbocycles. The summed E-state index contributed by atoms with van der Waals surface area (Å²) in [5, 5.41) is 6.25. The molecule has 1 atom stereocenters. The lowest BCUT2D eigenvalue weighted by Gasteiger charge is -2.24. The third-order valence-electron chi connectivity index (χ3n) is 4.70. The minimum Gasteiger partial charge on any atom is -0.284 e. The Morgan fingerprint density at radius 2 is 1.79 bits per heavy atom. The van der Waals surface area contributed by atoms with E-state index in [1.165, 1.54) is 0 Å². The molecule has 6 nitrogen and oxygen atoms in total. The van der Waals surface area contributed by atoms with Crippen LogP contribution in [-0.4, -0.2) is 31.3 Å². The smallest absolute Gasteiger partial charge is 0.245 e. The van der Waals surface area contributed by atoms with Gasteiger partial charge in [-0.3, -0.25) is 9.52 Å². The van der Waals surface area contributed by atoms with E-state index in [1.807, 2.05) is 57.2 Å². The van der Waals surface area contributed by atoms with Crippen molar-refractivity contribution in [3.8, 4) is 0 Å². The van der Waals surface area contributed by atoms with Crippen LogP contribution in [0.4, 0.5) is 5.69 Å². The molecular weight excluding hydrogens is 374 g/mol. The predicted molar refractivity (Wildman–Crippen MR) is 112 cm³/mol. The Labute approximate surface area is 166 Å². The van der Waals surface area contributed by atoms with Crippen LogP contribution in [0.15, 0.2) is 53.6 Å². The quantitative estimate of drug-likeness (QED) is 0.833. The van der Waals surface area contributed by atoms with Crippen LogP contribution >= 0.6 is 0 Å². The highest BCUT2D eigenvalue weighted by Crippen LogP contribution is 2.35. The number of aryl methyl sites for hydroxylation is 1. The van der Waals surface area contributed by atoms with E-state index in [4.69, 9.17) is 0 Å². The first kappa shape index (κ1) is 20.1. The van der Waals surface area contributed by atoms with Crippen molar-refractivity contribution in [2.75, 3.05) is 11.0 Å². The maximum atomic E-state index is 12.8.